The lowest BCUT2D eigenvalue weighted by Gasteiger charge is -2.12. The maximum atomic E-state index is 14.3. The highest BCUT2D eigenvalue weighted by molar-refractivity contribution is 7.85. The van der Waals surface area contributed by atoms with Gasteiger partial charge in [-0.2, -0.15) is 23.7 Å². The van der Waals surface area contributed by atoms with E-state index in [1.54, 1.807) is 12.1 Å². The van der Waals surface area contributed by atoms with E-state index in [1.165, 1.54) is 14.0 Å². The molecule has 25 heavy (non-hydrogen) atoms. The molecule has 1 aromatic heterocycles. The summed E-state index contributed by atoms with van der Waals surface area (Å²) in [6.07, 6.45) is -4.64. The van der Waals surface area contributed by atoms with Crippen LogP contribution in [0.3, 0.4) is 0 Å². The maximum Gasteiger partial charge on any atom is 0.400 e. The Morgan fingerprint density at radius 3 is 2.40 bits per heavy atom. The number of aryl methyl sites for hydroxylation is 1. The zero-order valence-corrected chi connectivity index (χ0v) is 13.8. The average Bonchev–Trinajstić information content (AvgIpc) is 2.81. The van der Waals surface area contributed by atoms with Crippen LogP contribution in [-0.2, 0) is 17.8 Å². The van der Waals surface area contributed by atoms with Crippen LogP contribution in [0.1, 0.15) is 17.0 Å². The Labute approximate surface area is 142 Å². The van der Waals surface area contributed by atoms with Gasteiger partial charge in [-0.1, -0.05) is 0 Å². The lowest BCUT2D eigenvalue weighted by Crippen LogP contribution is -2.19. The number of nitriles is 2. The third-order valence-electron chi connectivity index (χ3n) is 3.35. The number of imidazole rings is 1. The number of hydrogen-bond acceptors (Lipinski definition) is 4. The quantitative estimate of drug-likeness (QED) is 0.778. The van der Waals surface area contributed by atoms with Gasteiger partial charge in [-0.05, 0) is 24.6 Å². The summed E-state index contributed by atoms with van der Waals surface area (Å²) >= 11 is 0. The van der Waals surface area contributed by atoms with Crippen molar-refractivity contribution < 1.29 is 21.8 Å². The van der Waals surface area contributed by atoms with Gasteiger partial charge in [-0.25, -0.2) is 9.37 Å². The Balaban J connectivity index is 2.64. The largest absolute Gasteiger partial charge is 0.400 e. The predicted octanol–water partition coefficient (Wildman–Crippen LogP) is 2.95. The summed E-state index contributed by atoms with van der Waals surface area (Å²) in [6, 6.07) is 5.40. The standard InChI is InChI=1S/C15H10F4N4OS/c1-8-3-10(16)9(4-13(8)25(24)7-15(17,18)19)14-22-11(5-20)12(6-21)23(14)2/h3-4H,7H2,1-2H3. The number of alkyl halides is 3. The van der Waals surface area contributed by atoms with Gasteiger partial charge in [-0.3, -0.25) is 4.21 Å². The second kappa shape index (κ2) is 6.65. The molecule has 0 saturated carbocycles. The third-order valence-corrected chi connectivity index (χ3v) is 4.87. The van der Waals surface area contributed by atoms with Gasteiger partial charge in [0, 0.05) is 11.9 Å². The van der Waals surface area contributed by atoms with Gasteiger partial charge in [0.15, 0.2) is 11.4 Å². The van der Waals surface area contributed by atoms with Gasteiger partial charge in [0.2, 0.25) is 0 Å². The van der Waals surface area contributed by atoms with E-state index in [2.05, 4.69) is 4.98 Å². The number of hydrogen-bond donors (Lipinski definition) is 0. The topological polar surface area (TPSA) is 82.5 Å². The summed E-state index contributed by atoms with van der Waals surface area (Å²) in [5, 5.41) is 18.0. The first kappa shape index (κ1) is 18.6. The van der Waals surface area contributed by atoms with Gasteiger partial charge in [-0.15, -0.1) is 0 Å². The van der Waals surface area contributed by atoms with E-state index in [0.717, 1.165) is 16.7 Å². The monoisotopic (exact) mass is 370 g/mol. The van der Waals surface area contributed by atoms with Crippen LogP contribution in [0.2, 0.25) is 0 Å². The minimum atomic E-state index is -4.64. The summed E-state index contributed by atoms with van der Waals surface area (Å²) in [6.45, 7) is 1.34. The fraction of sp³-hybridized carbons (Fsp3) is 0.267. The normalized spacial score (nSPS) is 12.5. The van der Waals surface area contributed by atoms with E-state index < -0.39 is 28.5 Å². The molecule has 1 aromatic carbocycles. The van der Waals surface area contributed by atoms with Gasteiger partial charge >= 0.3 is 6.18 Å². The molecule has 0 N–H and O–H groups in total. The Bertz CT molecular complexity index is 950. The Morgan fingerprint density at radius 1 is 1.28 bits per heavy atom. The average molecular weight is 370 g/mol. The zero-order chi connectivity index (χ0) is 18.9. The summed E-state index contributed by atoms with van der Waals surface area (Å²) in [5.74, 6) is -2.49. The molecule has 0 aliphatic rings. The van der Waals surface area contributed by atoms with Crippen molar-refractivity contribution in [3.05, 3.63) is 34.9 Å². The first-order valence-electron chi connectivity index (χ1n) is 6.71. The van der Waals surface area contributed by atoms with E-state index in [1.807, 2.05) is 0 Å². The van der Waals surface area contributed by atoms with Gasteiger partial charge in [0.25, 0.3) is 0 Å². The summed E-state index contributed by atoms with van der Waals surface area (Å²) in [7, 11) is -1.06. The predicted molar refractivity (Wildman–Crippen MR) is 80.1 cm³/mol. The van der Waals surface area contributed by atoms with Crippen molar-refractivity contribution in [2.75, 3.05) is 5.75 Å². The molecule has 2 aromatic rings. The van der Waals surface area contributed by atoms with Gasteiger partial charge in [0.05, 0.1) is 16.4 Å². The zero-order valence-electron chi connectivity index (χ0n) is 13.0. The molecule has 0 radical (unpaired) electrons. The van der Waals surface area contributed by atoms with Crippen molar-refractivity contribution in [2.24, 2.45) is 7.05 Å². The molecule has 5 nitrogen and oxygen atoms in total. The summed E-state index contributed by atoms with van der Waals surface area (Å²) in [5.41, 5.74) is -0.496. The molecule has 130 valence electrons. The molecule has 1 atom stereocenters. The molecule has 0 bridgehead atoms. The Hall–Kier alpha value is -2.72. The first-order valence-corrected chi connectivity index (χ1v) is 8.03. The van der Waals surface area contributed by atoms with E-state index in [9.17, 15) is 21.8 Å². The number of rotatable bonds is 3. The van der Waals surface area contributed by atoms with E-state index in [-0.39, 0.29) is 33.2 Å². The molecule has 0 fully saturated rings. The van der Waals surface area contributed by atoms with Crippen molar-refractivity contribution in [3.8, 4) is 23.5 Å². The molecule has 1 heterocycles. The highest BCUT2D eigenvalue weighted by atomic mass is 32.2. The molecular weight excluding hydrogens is 360 g/mol. The summed E-state index contributed by atoms with van der Waals surface area (Å²) < 4.78 is 64.9. The molecule has 0 amide bonds. The lowest BCUT2D eigenvalue weighted by atomic mass is 10.1. The van der Waals surface area contributed by atoms with E-state index in [0.29, 0.717) is 0 Å². The summed E-state index contributed by atoms with van der Waals surface area (Å²) in [4.78, 5) is 3.67. The lowest BCUT2D eigenvalue weighted by molar-refractivity contribution is -0.105. The van der Waals surface area contributed by atoms with Crippen LogP contribution in [0.25, 0.3) is 11.4 Å². The van der Waals surface area contributed by atoms with Crippen LogP contribution in [0, 0.1) is 35.4 Å². The molecule has 2 rings (SSSR count). The number of halogens is 4. The molecule has 0 aliphatic heterocycles. The fourth-order valence-electron chi connectivity index (χ4n) is 2.24. The minimum Gasteiger partial charge on any atom is -0.318 e. The molecule has 0 aliphatic carbocycles. The highest BCUT2D eigenvalue weighted by Crippen LogP contribution is 2.30. The van der Waals surface area contributed by atoms with Crippen molar-refractivity contribution in [3.63, 3.8) is 0 Å². The Morgan fingerprint density at radius 2 is 1.92 bits per heavy atom. The van der Waals surface area contributed by atoms with Crippen LogP contribution in [0.5, 0.6) is 0 Å². The van der Waals surface area contributed by atoms with Crippen LogP contribution in [0.15, 0.2) is 17.0 Å². The number of benzene rings is 1. The van der Waals surface area contributed by atoms with Crippen LogP contribution >= 0.6 is 0 Å². The Kier molecular flexibility index (Phi) is 4.95. The highest BCUT2D eigenvalue weighted by Gasteiger charge is 2.32. The number of nitrogens with zero attached hydrogens (tertiary/aromatic N) is 4. The molecular formula is C15H10F4N4OS. The first-order chi connectivity index (χ1) is 11.6. The molecule has 10 heteroatoms. The molecule has 1 unspecified atom stereocenters. The second-order valence-electron chi connectivity index (χ2n) is 5.12. The SMILES string of the molecule is Cc1cc(F)c(-c2nc(C#N)c(C#N)n2C)cc1S(=O)CC(F)(F)F. The van der Waals surface area contributed by atoms with Crippen LogP contribution in [-0.4, -0.2) is 25.7 Å². The van der Waals surface area contributed by atoms with Crippen molar-refractivity contribution in [1.29, 1.82) is 10.5 Å². The van der Waals surface area contributed by atoms with E-state index in [4.69, 9.17) is 10.5 Å². The van der Waals surface area contributed by atoms with Gasteiger partial charge < -0.3 is 4.57 Å². The second-order valence-corrected chi connectivity index (χ2v) is 6.54. The van der Waals surface area contributed by atoms with Crippen molar-refractivity contribution in [2.45, 2.75) is 18.0 Å². The number of aromatic nitrogens is 2. The minimum absolute atomic E-state index is 0.0963. The van der Waals surface area contributed by atoms with Crippen LogP contribution in [0.4, 0.5) is 17.6 Å². The van der Waals surface area contributed by atoms with E-state index >= 15 is 0 Å². The van der Waals surface area contributed by atoms with Crippen molar-refractivity contribution >= 4 is 10.8 Å². The third kappa shape index (κ3) is 3.69. The fourth-order valence-corrected chi connectivity index (χ4v) is 3.36. The maximum absolute atomic E-state index is 14.3. The molecule has 0 spiro atoms. The van der Waals surface area contributed by atoms with Crippen LogP contribution < -0.4 is 0 Å². The van der Waals surface area contributed by atoms with Crippen molar-refractivity contribution in [1.82, 2.24) is 9.55 Å². The molecule has 0 saturated heterocycles. The van der Waals surface area contributed by atoms with Gasteiger partial charge in [0.1, 0.15) is 29.5 Å². The smallest absolute Gasteiger partial charge is 0.318 e.